The highest BCUT2D eigenvalue weighted by Gasteiger charge is 2.38. The molecule has 1 heteroatoms. The van der Waals surface area contributed by atoms with Crippen LogP contribution in [0.25, 0.3) is 0 Å². The highest BCUT2D eigenvalue weighted by molar-refractivity contribution is 5.26. The molecule has 0 fully saturated rings. The Hall–Kier alpha value is -1.08. The largest absolute Gasteiger partial charge is 0.377 e. The van der Waals surface area contributed by atoms with E-state index in [-0.39, 0.29) is 10.8 Å². The van der Waals surface area contributed by atoms with E-state index in [1.165, 1.54) is 5.56 Å². The molecule has 0 saturated carbocycles. The van der Waals surface area contributed by atoms with Crippen LogP contribution in [0, 0.1) is 5.41 Å². The lowest BCUT2D eigenvalue weighted by molar-refractivity contribution is 0.0365. The average Bonchev–Trinajstić information content (AvgIpc) is 2.30. The molecule has 1 aromatic carbocycles. The van der Waals surface area contributed by atoms with E-state index in [1.54, 1.807) is 6.08 Å². The summed E-state index contributed by atoms with van der Waals surface area (Å²) >= 11 is 0. The molecule has 1 rings (SSSR count). The van der Waals surface area contributed by atoms with E-state index >= 15 is 0 Å². The van der Waals surface area contributed by atoms with Gasteiger partial charge in [0.1, 0.15) is 0 Å². The van der Waals surface area contributed by atoms with Gasteiger partial charge in [0.05, 0.1) is 13.2 Å². The quantitative estimate of drug-likeness (QED) is 0.528. The van der Waals surface area contributed by atoms with Crippen molar-refractivity contribution in [2.45, 2.75) is 33.1 Å². The number of rotatable bonds is 6. The topological polar surface area (TPSA) is 9.23 Å². The van der Waals surface area contributed by atoms with Crippen LogP contribution in [0.4, 0.5) is 0 Å². The molecule has 0 saturated heterocycles. The van der Waals surface area contributed by atoms with Crippen molar-refractivity contribution in [1.29, 1.82) is 0 Å². The van der Waals surface area contributed by atoms with Crippen LogP contribution in [0.3, 0.4) is 0 Å². The van der Waals surface area contributed by atoms with Crippen molar-refractivity contribution in [3.8, 4) is 0 Å². The Morgan fingerprint density at radius 1 is 1.12 bits per heavy atom. The molecule has 1 aromatic rings. The number of hydrogen-bond acceptors (Lipinski definition) is 1. The van der Waals surface area contributed by atoms with Crippen molar-refractivity contribution in [2.75, 3.05) is 13.2 Å². The molecule has 0 atom stereocenters. The monoisotopic (exact) mass is 232 g/mol. The number of benzene rings is 1. The van der Waals surface area contributed by atoms with Crippen LogP contribution >= 0.6 is 0 Å². The van der Waals surface area contributed by atoms with Crippen LogP contribution in [0.2, 0.25) is 0 Å². The van der Waals surface area contributed by atoms with Gasteiger partial charge in [0.25, 0.3) is 0 Å². The van der Waals surface area contributed by atoms with Gasteiger partial charge in [-0.1, -0.05) is 64.1 Å². The first-order valence-corrected chi connectivity index (χ1v) is 6.16. The van der Waals surface area contributed by atoms with E-state index in [9.17, 15) is 0 Å². The van der Waals surface area contributed by atoms with Crippen LogP contribution in [0.1, 0.15) is 33.3 Å². The zero-order valence-corrected chi connectivity index (χ0v) is 11.5. The molecule has 0 N–H and O–H groups in total. The molecule has 0 heterocycles. The molecule has 0 aliphatic heterocycles. The van der Waals surface area contributed by atoms with Crippen molar-refractivity contribution < 1.29 is 4.74 Å². The Morgan fingerprint density at radius 2 is 1.71 bits per heavy atom. The summed E-state index contributed by atoms with van der Waals surface area (Å²) in [6, 6.07) is 10.6. The molecular weight excluding hydrogens is 208 g/mol. The van der Waals surface area contributed by atoms with Crippen molar-refractivity contribution >= 4 is 0 Å². The molecule has 94 valence electrons. The lowest BCUT2D eigenvalue weighted by Crippen LogP contribution is -2.40. The van der Waals surface area contributed by atoms with Crippen LogP contribution in [0.5, 0.6) is 0 Å². The second-order valence-electron chi connectivity index (χ2n) is 5.68. The summed E-state index contributed by atoms with van der Waals surface area (Å²) in [6.07, 6.45) is 1.80. The van der Waals surface area contributed by atoms with Crippen LogP contribution < -0.4 is 0 Å². The van der Waals surface area contributed by atoms with Crippen LogP contribution in [-0.4, -0.2) is 13.2 Å². The molecule has 0 aliphatic carbocycles. The Morgan fingerprint density at radius 3 is 2.24 bits per heavy atom. The Balaban J connectivity index is 2.84. The molecule has 17 heavy (non-hydrogen) atoms. The van der Waals surface area contributed by atoms with Crippen molar-refractivity contribution in [1.82, 2.24) is 0 Å². The van der Waals surface area contributed by atoms with E-state index in [2.05, 4.69) is 64.6 Å². The lowest BCUT2D eigenvalue weighted by atomic mass is 9.64. The smallest absolute Gasteiger partial charge is 0.0645 e. The zero-order chi connectivity index (χ0) is 12.9. The second-order valence-corrected chi connectivity index (χ2v) is 5.68. The maximum Gasteiger partial charge on any atom is 0.0645 e. The first-order valence-electron chi connectivity index (χ1n) is 6.16. The lowest BCUT2D eigenvalue weighted by Gasteiger charge is -2.42. The fraction of sp³-hybridized carbons (Fsp3) is 0.500. The molecule has 0 aliphatic rings. The predicted octanol–water partition coefficient (Wildman–Crippen LogP) is 4.19. The summed E-state index contributed by atoms with van der Waals surface area (Å²) in [5.41, 5.74) is 1.51. The van der Waals surface area contributed by atoms with Crippen LogP contribution in [-0.2, 0) is 10.2 Å². The van der Waals surface area contributed by atoms with E-state index < -0.39 is 0 Å². The highest BCUT2D eigenvalue weighted by Crippen LogP contribution is 2.41. The minimum absolute atomic E-state index is 0.0788. The van der Waals surface area contributed by atoms with E-state index in [0.717, 1.165) is 6.61 Å². The van der Waals surface area contributed by atoms with Crippen molar-refractivity contribution in [2.24, 2.45) is 5.41 Å². The molecule has 1 nitrogen and oxygen atoms in total. The number of ether oxygens (including phenoxy) is 1. The van der Waals surface area contributed by atoms with Crippen molar-refractivity contribution in [3.05, 3.63) is 48.6 Å². The maximum atomic E-state index is 5.64. The number of hydrogen-bond donors (Lipinski definition) is 0. The first kappa shape index (κ1) is 14.0. The summed E-state index contributed by atoms with van der Waals surface area (Å²) in [5, 5.41) is 0. The minimum atomic E-state index is 0.0788. The van der Waals surface area contributed by atoms with Gasteiger partial charge in [-0.05, 0) is 16.4 Å². The molecule has 0 spiro atoms. The molecular formula is C16H24O. The normalized spacial score (nSPS) is 12.5. The highest BCUT2D eigenvalue weighted by atomic mass is 16.5. The standard InChI is InChI=1S/C16H24O/c1-6-12-17-13-15(2,3)16(4,5)14-10-8-7-9-11-14/h6-11H,1,12-13H2,2-5H3. The third kappa shape index (κ3) is 3.19. The molecule has 0 aromatic heterocycles. The summed E-state index contributed by atoms with van der Waals surface area (Å²) in [6.45, 7) is 14.1. The molecule has 0 bridgehead atoms. The Labute approximate surface area is 106 Å². The Bertz CT molecular complexity index is 349. The summed E-state index contributed by atoms with van der Waals surface area (Å²) in [5.74, 6) is 0. The second kappa shape index (κ2) is 5.50. The van der Waals surface area contributed by atoms with Gasteiger partial charge in [-0.2, -0.15) is 0 Å². The van der Waals surface area contributed by atoms with Gasteiger partial charge in [0, 0.05) is 0 Å². The fourth-order valence-electron chi connectivity index (χ4n) is 1.82. The van der Waals surface area contributed by atoms with Gasteiger partial charge >= 0.3 is 0 Å². The fourth-order valence-corrected chi connectivity index (χ4v) is 1.82. The molecule has 0 unspecified atom stereocenters. The van der Waals surface area contributed by atoms with Gasteiger partial charge in [0.2, 0.25) is 0 Å². The average molecular weight is 232 g/mol. The third-order valence-corrected chi connectivity index (χ3v) is 3.89. The van der Waals surface area contributed by atoms with Gasteiger partial charge in [-0.3, -0.25) is 0 Å². The van der Waals surface area contributed by atoms with Crippen molar-refractivity contribution in [3.63, 3.8) is 0 Å². The molecule has 0 amide bonds. The SMILES string of the molecule is C=CCOCC(C)(C)C(C)(C)c1ccccc1. The van der Waals surface area contributed by atoms with E-state index in [4.69, 9.17) is 4.74 Å². The summed E-state index contributed by atoms with van der Waals surface area (Å²) in [7, 11) is 0. The summed E-state index contributed by atoms with van der Waals surface area (Å²) < 4.78 is 5.64. The molecule has 0 radical (unpaired) electrons. The van der Waals surface area contributed by atoms with Gasteiger partial charge in [-0.25, -0.2) is 0 Å². The summed E-state index contributed by atoms with van der Waals surface area (Å²) in [4.78, 5) is 0. The van der Waals surface area contributed by atoms with E-state index in [0.29, 0.717) is 6.61 Å². The first-order chi connectivity index (χ1) is 7.92. The third-order valence-electron chi connectivity index (χ3n) is 3.89. The minimum Gasteiger partial charge on any atom is -0.377 e. The van der Waals surface area contributed by atoms with Gasteiger partial charge in [-0.15, -0.1) is 6.58 Å². The maximum absolute atomic E-state index is 5.64. The van der Waals surface area contributed by atoms with E-state index in [1.807, 2.05) is 0 Å². The van der Waals surface area contributed by atoms with Gasteiger partial charge < -0.3 is 4.74 Å². The zero-order valence-electron chi connectivity index (χ0n) is 11.5. The Kier molecular flexibility index (Phi) is 4.53. The van der Waals surface area contributed by atoms with Crippen LogP contribution in [0.15, 0.2) is 43.0 Å². The predicted molar refractivity (Wildman–Crippen MR) is 74.3 cm³/mol. The van der Waals surface area contributed by atoms with Gasteiger partial charge in [0.15, 0.2) is 0 Å².